The predicted molar refractivity (Wildman–Crippen MR) is 100.0 cm³/mol. The fourth-order valence-electron chi connectivity index (χ4n) is 3.40. The van der Waals surface area contributed by atoms with Crippen LogP contribution in [0.2, 0.25) is 0 Å². The van der Waals surface area contributed by atoms with Gasteiger partial charge >= 0.3 is 0 Å². The van der Waals surface area contributed by atoms with Crippen molar-refractivity contribution in [1.29, 1.82) is 0 Å². The van der Waals surface area contributed by atoms with Gasteiger partial charge in [0.25, 0.3) is 0 Å². The first-order valence-corrected chi connectivity index (χ1v) is 8.64. The summed E-state index contributed by atoms with van der Waals surface area (Å²) in [5.41, 5.74) is 1.98. The van der Waals surface area contributed by atoms with Crippen LogP contribution in [0.4, 0.5) is 0 Å². The molecule has 0 aromatic rings. The van der Waals surface area contributed by atoms with E-state index in [1.807, 2.05) is 13.8 Å². The van der Waals surface area contributed by atoms with Crippen LogP contribution < -0.4 is 0 Å². The van der Waals surface area contributed by atoms with E-state index in [-0.39, 0.29) is 28.5 Å². The highest BCUT2D eigenvalue weighted by atomic mass is 16.5. The minimum Gasteiger partial charge on any atom is -0.489 e. The first-order valence-electron chi connectivity index (χ1n) is 8.64. The summed E-state index contributed by atoms with van der Waals surface area (Å²) >= 11 is 0. The van der Waals surface area contributed by atoms with Crippen LogP contribution in [0.5, 0.6) is 0 Å². The van der Waals surface area contributed by atoms with E-state index in [0.29, 0.717) is 17.6 Å². The molecule has 0 radical (unpaired) electrons. The Balaban J connectivity index is 3.20. The molecule has 1 aliphatic rings. The Morgan fingerprint density at radius 1 is 0.960 bits per heavy atom. The topological polar surface area (TPSA) is 52.6 Å². The Bertz CT molecular complexity index is 652. The lowest BCUT2D eigenvalue weighted by molar-refractivity contribution is -0.121. The molecule has 0 aliphatic heterocycles. The van der Waals surface area contributed by atoms with Crippen molar-refractivity contribution in [1.82, 2.24) is 0 Å². The van der Waals surface area contributed by atoms with Crippen LogP contribution in [-0.4, -0.2) is 25.8 Å². The Labute approximate surface area is 152 Å². The molecule has 0 saturated carbocycles. The quantitative estimate of drug-likeness (QED) is 0.513. The van der Waals surface area contributed by atoms with Gasteiger partial charge in [-0.2, -0.15) is 0 Å². The summed E-state index contributed by atoms with van der Waals surface area (Å²) < 4.78 is 10.3. The third kappa shape index (κ3) is 4.83. The summed E-state index contributed by atoms with van der Waals surface area (Å²) in [6.07, 6.45) is 3.84. The fourth-order valence-corrected chi connectivity index (χ4v) is 3.40. The Kier molecular flexibility index (Phi) is 6.44. The van der Waals surface area contributed by atoms with Crippen LogP contribution in [0, 0.1) is 10.8 Å². The number of ketones is 2. The van der Waals surface area contributed by atoms with Gasteiger partial charge in [0.05, 0.1) is 14.2 Å². The van der Waals surface area contributed by atoms with E-state index < -0.39 is 5.41 Å². The van der Waals surface area contributed by atoms with Crippen LogP contribution in [-0.2, 0) is 19.1 Å². The van der Waals surface area contributed by atoms with E-state index in [1.54, 1.807) is 6.92 Å². The molecule has 140 valence electrons. The maximum atomic E-state index is 12.9. The highest BCUT2D eigenvalue weighted by Crippen LogP contribution is 2.40. The highest BCUT2D eigenvalue weighted by Gasteiger charge is 2.41. The van der Waals surface area contributed by atoms with Gasteiger partial charge in [0, 0.05) is 11.1 Å². The number of allylic oxidation sites excluding steroid dienone is 4. The number of rotatable bonds is 6. The second-order valence-electron chi connectivity index (χ2n) is 8.60. The van der Waals surface area contributed by atoms with Crippen molar-refractivity contribution in [3.05, 3.63) is 34.3 Å². The lowest BCUT2D eigenvalue weighted by Gasteiger charge is -2.31. The number of Topliss-reactive ketones (excluding diaryl/α,β-unsaturated/α-hetero) is 2. The molecule has 0 spiro atoms. The van der Waals surface area contributed by atoms with Crippen LogP contribution in [0.15, 0.2) is 34.3 Å². The van der Waals surface area contributed by atoms with E-state index in [4.69, 9.17) is 9.47 Å². The lowest BCUT2D eigenvalue weighted by Crippen LogP contribution is -2.32. The molecule has 1 aliphatic carbocycles. The molecular weight excluding hydrogens is 316 g/mol. The van der Waals surface area contributed by atoms with Gasteiger partial charge in [0.2, 0.25) is 23.1 Å². The highest BCUT2D eigenvalue weighted by molar-refractivity contribution is 6.23. The maximum Gasteiger partial charge on any atom is 0.228 e. The zero-order chi connectivity index (χ0) is 19.6. The lowest BCUT2D eigenvalue weighted by atomic mass is 9.73. The molecule has 1 rings (SSSR count). The first-order chi connectivity index (χ1) is 11.4. The molecule has 0 bridgehead atoms. The Morgan fingerprint density at radius 3 is 1.88 bits per heavy atom. The monoisotopic (exact) mass is 348 g/mol. The van der Waals surface area contributed by atoms with E-state index >= 15 is 0 Å². The van der Waals surface area contributed by atoms with Gasteiger partial charge in [-0.05, 0) is 37.5 Å². The first kappa shape index (κ1) is 21.2. The van der Waals surface area contributed by atoms with Gasteiger partial charge in [-0.1, -0.05) is 46.3 Å². The van der Waals surface area contributed by atoms with E-state index in [9.17, 15) is 9.59 Å². The summed E-state index contributed by atoms with van der Waals surface area (Å²) in [4.78, 5) is 25.5. The molecule has 4 nitrogen and oxygen atoms in total. The van der Waals surface area contributed by atoms with Gasteiger partial charge in [-0.3, -0.25) is 9.59 Å². The van der Waals surface area contributed by atoms with Crippen LogP contribution in [0.1, 0.15) is 61.3 Å². The average molecular weight is 348 g/mol. The van der Waals surface area contributed by atoms with Crippen molar-refractivity contribution in [3.63, 3.8) is 0 Å². The fraction of sp³-hybridized carbons (Fsp3) is 0.619. The van der Waals surface area contributed by atoms with Gasteiger partial charge in [-0.25, -0.2) is 0 Å². The zero-order valence-corrected chi connectivity index (χ0v) is 17.1. The molecule has 0 amide bonds. The smallest absolute Gasteiger partial charge is 0.228 e. The van der Waals surface area contributed by atoms with Crippen molar-refractivity contribution in [2.45, 2.75) is 61.3 Å². The largest absolute Gasteiger partial charge is 0.489 e. The number of hydrogen-bond acceptors (Lipinski definition) is 4. The third-order valence-corrected chi connectivity index (χ3v) is 4.42. The molecule has 0 heterocycles. The van der Waals surface area contributed by atoms with Crippen molar-refractivity contribution >= 4 is 11.6 Å². The van der Waals surface area contributed by atoms with Crippen molar-refractivity contribution < 1.29 is 19.1 Å². The average Bonchev–Trinajstić information content (AvgIpc) is 2.47. The van der Waals surface area contributed by atoms with Crippen LogP contribution in [0.25, 0.3) is 0 Å². The summed E-state index contributed by atoms with van der Waals surface area (Å²) in [5.74, 6) is -0.554. The molecule has 0 aromatic carbocycles. The number of hydrogen-bond donors (Lipinski definition) is 0. The molecule has 4 heteroatoms. The summed E-state index contributed by atoms with van der Waals surface area (Å²) in [5, 5.41) is 0. The number of carbonyl (C=O) groups is 2. The summed E-state index contributed by atoms with van der Waals surface area (Å²) in [6.45, 7) is 14.4. The standard InChI is InChI=1S/C21H32O4/c1-13(12-20(3,4)5)10-11-21(6,7)15-14(2)16(22)18(24-8)19(25-9)17(15)23/h10H,11-12H2,1-9H3/b13-10+. The van der Waals surface area contributed by atoms with Gasteiger partial charge in [-0.15, -0.1) is 0 Å². The molecule has 0 saturated heterocycles. The minimum absolute atomic E-state index is 0.00318. The van der Waals surface area contributed by atoms with Gasteiger partial charge in [0.15, 0.2) is 0 Å². The van der Waals surface area contributed by atoms with Crippen molar-refractivity contribution in [2.75, 3.05) is 14.2 Å². The van der Waals surface area contributed by atoms with E-state index in [2.05, 4.69) is 33.8 Å². The molecular formula is C21H32O4. The Morgan fingerprint density at radius 2 is 1.44 bits per heavy atom. The third-order valence-electron chi connectivity index (χ3n) is 4.42. The normalized spacial score (nSPS) is 17.4. The molecule has 0 fully saturated rings. The van der Waals surface area contributed by atoms with Crippen LogP contribution in [0.3, 0.4) is 0 Å². The molecule has 0 aromatic heterocycles. The van der Waals surface area contributed by atoms with Crippen molar-refractivity contribution in [3.8, 4) is 0 Å². The number of carbonyl (C=O) groups excluding carboxylic acids is 2. The zero-order valence-electron chi connectivity index (χ0n) is 17.1. The maximum absolute atomic E-state index is 12.9. The number of methoxy groups -OCH3 is 2. The van der Waals surface area contributed by atoms with E-state index in [0.717, 1.165) is 6.42 Å². The predicted octanol–water partition coefficient (Wildman–Crippen LogP) is 4.76. The second-order valence-corrected chi connectivity index (χ2v) is 8.60. The van der Waals surface area contributed by atoms with E-state index in [1.165, 1.54) is 19.8 Å². The van der Waals surface area contributed by atoms with Gasteiger partial charge < -0.3 is 9.47 Å². The molecule has 0 unspecified atom stereocenters. The van der Waals surface area contributed by atoms with Crippen LogP contribution >= 0.6 is 0 Å². The summed E-state index contributed by atoms with van der Waals surface area (Å²) in [7, 11) is 2.76. The summed E-state index contributed by atoms with van der Waals surface area (Å²) in [6, 6.07) is 0. The Hall–Kier alpha value is -1.84. The van der Waals surface area contributed by atoms with Gasteiger partial charge in [0.1, 0.15) is 0 Å². The second kappa shape index (κ2) is 7.59. The minimum atomic E-state index is -0.473. The van der Waals surface area contributed by atoms with Crippen molar-refractivity contribution in [2.24, 2.45) is 10.8 Å². The molecule has 0 atom stereocenters. The number of ether oxygens (including phenoxy) is 2. The molecule has 0 N–H and O–H groups in total. The molecule has 25 heavy (non-hydrogen) atoms. The SMILES string of the molecule is COC1=C(OC)C(=O)C(C(C)(C)C/C=C(\C)CC(C)(C)C)=C(C)C1=O.